The van der Waals surface area contributed by atoms with Gasteiger partial charge in [0.15, 0.2) is 6.04 Å². The largest absolute Gasteiger partial charge is 0.516 e. The van der Waals surface area contributed by atoms with E-state index in [4.69, 9.17) is 9.47 Å². The number of carbonyl (C=O) groups excluding carboxylic acids is 3. The van der Waals surface area contributed by atoms with E-state index in [2.05, 4.69) is 0 Å². The van der Waals surface area contributed by atoms with Crippen molar-refractivity contribution < 1.29 is 29.2 Å². The third-order valence-corrected chi connectivity index (χ3v) is 8.38. The summed E-state index contributed by atoms with van der Waals surface area (Å²) < 4.78 is 9.87. The zero-order chi connectivity index (χ0) is 18.4. The maximum Gasteiger partial charge on any atom is 0.516 e. The molecule has 3 atom stereocenters. The standard InChI is InChI=1S/C16H25NO5S3/c1-10(22-15(20)17-13-14(19)24-16(13,2)3)21-12(18)7-5-4-6-11-8-9-23-25-11/h10-11,13H,4-9H2,1-3H3,(H,17,20)/p+1/t10?,11-,13?/m1/s1. The Labute approximate surface area is 160 Å². The van der Waals surface area contributed by atoms with Crippen LogP contribution in [0.2, 0.25) is 0 Å². The van der Waals surface area contributed by atoms with Crippen molar-refractivity contribution in [3.8, 4) is 0 Å². The van der Waals surface area contributed by atoms with E-state index >= 15 is 0 Å². The zero-order valence-corrected chi connectivity index (χ0v) is 17.3. The Kier molecular flexibility index (Phi) is 7.97. The molecule has 2 rings (SSSR count). The van der Waals surface area contributed by atoms with E-state index in [1.165, 1.54) is 36.2 Å². The van der Waals surface area contributed by atoms with Gasteiger partial charge >= 0.3 is 12.1 Å². The predicted octanol–water partition coefficient (Wildman–Crippen LogP) is 2.71. The molecule has 2 fully saturated rings. The molecule has 0 aromatic rings. The van der Waals surface area contributed by atoms with E-state index in [-0.39, 0.29) is 15.8 Å². The highest BCUT2D eigenvalue weighted by molar-refractivity contribution is 8.77. The van der Waals surface area contributed by atoms with Gasteiger partial charge in [-0.05, 0) is 33.1 Å². The highest BCUT2D eigenvalue weighted by Crippen LogP contribution is 2.40. The van der Waals surface area contributed by atoms with Crippen LogP contribution < -0.4 is 5.32 Å². The summed E-state index contributed by atoms with van der Waals surface area (Å²) >= 11 is 1.22. The Morgan fingerprint density at radius 3 is 2.68 bits per heavy atom. The average Bonchev–Trinajstić information content (AvgIpc) is 3.02. The molecule has 2 heterocycles. The minimum Gasteiger partial charge on any atom is -0.425 e. The number of ether oxygens (including phenoxy) is 2. The number of hydrogen-bond acceptors (Lipinski definition) is 8. The average molecular weight is 409 g/mol. The predicted molar refractivity (Wildman–Crippen MR) is 101 cm³/mol. The van der Waals surface area contributed by atoms with E-state index in [0.717, 1.165) is 19.3 Å². The van der Waals surface area contributed by atoms with Gasteiger partial charge in [-0.3, -0.25) is 9.59 Å². The number of hydrogen-bond donors (Lipinski definition) is 1. The number of esters is 1. The smallest absolute Gasteiger partial charge is 0.425 e. The van der Waals surface area contributed by atoms with Crippen LogP contribution in [-0.2, 0) is 19.1 Å². The van der Waals surface area contributed by atoms with Gasteiger partial charge < -0.3 is 9.47 Å². The second kappa shape index (κ2) is 9.53. The number of nitrogens with two attached hydrogens (primary N) is 1. The monoisotopic (exact) mass is 408 g/mol. The number of quaternary nitrogens is 1. The Hall–Kier alpha value is -0.380. The number of unbranched alkanes of at least 4 members (excludes halogenated alkanes) is 1. The molecule has 0 aromatic heterocycles. The van der Waals surface area contributed by atoms with E-state index < -0.39 is 18.4 Å². The summed E-state index contributed by atoms with van der Waals surface area (Å²) in [6, 6.07) is -0.445. The quantitative estimate of drug-likeness (QED) is 0.284. The molecule has 1 amide bonds. The molecule has 9 heteroatoms. The fourth-order valence-electron chi connectivity index (χ4n) is 2.69. The third kappa shape index (κ3) is 6.69. The highest BCUT2D eigenvalue weighted by Gasteiger charge is 2.53. The number of carbonyl (C=O) groups is 3. The van der Waals surface area contributed by atoms with Gasteiger partial charge in [-0.15, -0.1) is 0 Å². The molecule has 0 saturated carbocycles. The van der Waals surface area contributed by atoms with Crippen molar-refractivity contribution in [1.29, 1.82) is 0 Å². The lowest BCUT2D eigenvalue weighted by atomic mass is 10.0. The van der Waals surface area contributed by atoms with Crippen molar-refractivity contribution in [2.45, 2.75) is 75.2 Å². The van der Waals surface area contributed by atoms with E-state index in [0.29, 0.717) is 11.7 Å². The van der Waals surface area contributed by atoms with Crippen molar-refractivity contribution >= 4 is 50.5 Å². The molecule has 0 aliphatic carbocycles. The lowest BCUT2D eigenvalue weighted by molar-refractivity contribution is -0.601. The Morgan fingerprint density at radius 1 is 1.32 bits per heavy atom. The van der Waals surface area contributed by atoms with Gasteiger partial charge in [-0.2, -0.15) is 4.79 Å². The lowest BCUT2D eigenvalue weighted by Crippen LogP contribution is -3.00. The molecule has 0 bridgehead atoms. The van der Waals surface area contributed by atoms with Crippen LogP contribution in [0, 0.1) is 0 Å². The van der Waals surface area contributed by atoms with Crippen LogP contribution in [0.1, 0.15) is 52.9 Å². The van der Waals surface area contributed by atoms with E-state index in [9.17, 15) is 14.4 Å². The summed E-state index contributed by atoms with van der Waals surface area (Å²) in [5.74, 6) is 0.865. The Morgan fingerprint density at radius 2 is 2.08 bits per heavy atom. The van der Waals surface area contributed by atoms with Gasteiger partial charge in [0.2, 0.25) is 5.12 Å². The first kappa shape index (κ1) is 20.9. The van der Waals surface area contributed by atoms with Crippen LogP contribution in [0.15, 0.2) is 0 Å². The van der Waals surface area contributed by atoms with Crippen LogP contribution in [0.25, 0.3) is 0 Å². The molecule has 2 aliphatic heterocycles. The normalized spacial score (nSPS) is 26.0. The minimum atomic E-state index is -0.941. The number of thioether (sulfide) groups is 1. The van der Waals surface area contributed by atoms with Crippen LogP contribution >= 0.6 is 33.3 Å². The van der Waals surface area contributed by atoms with Gasteiger partial charge in [-0.25, -0.2) is 5.32 Å². The maximum atomic E-state index is 11.8. The molecule has 0 spiro atoms. The first-order chi connectivity index (χ1) is 11.8. The van der Waals surface area contributed by atoms with Crippen LogP contribution in [0.5, 0.6) is 0 Å². The molecule has 2 unspecified atom stereocenters. The third-order valence-electron chi connectivity index (χ3n) is 4.13. The minimum absolute atomic E-state index is 0.0366. The molecule has 2 aliphatic rings. The van der Waals surface area contributed by atoms with Crippen molar-refractivity contribution in [2.24, 2.45) is 0 Å². The van der Waals surface area contributed by atoms with Crippen LogP contribution in [-0.4, -0.2) is 45.3 Å². The molecule has 142 valence electrons. The lowest BCUT2D eigenvalue weighted by Gasteiger charge is -2.37. The topological polar surface area (TPSA) is 86.3 Å². The summed E-state index contributed by atoms with van der Waals surface area (Å²) in [5, 5.41) is 1.96. The fraction of sp³-hybridized carbons (Fsp3) is 0.812. The van der Waals surface area contributed by atoms with Crippen molar-refractivity contribution in [3.05, 3.63) is 0 Å². The summed E-state index contributed by atoms with van der Waals surface area (Å²) in [6.45, 7) is 5.32. The van der Waals surface area contributed by atoms with Gasteiger partial charge in [0.25, 0.3) is 6.29 Å². The highest BCUT2D eigenvalue weighted by atomic mass is 33.1. The summed E-state index contributed by atoms with van der Waals surface area (Å²) in [6.07, 6.45) is 2.95. The van der Waals surface area contributed by atoms with E-state index in [1.807, 2.05) is 35.4 Å². The molecule has 0 aromatic carbocycles. The SMILES string of the molecule is CC(OC(=O)CCCC[C@@H]1CCSS1)OC(=O)[NH2+]C1C(=O)SC1(C)C. The van der Waals surface area contributed by atoms with Gasteiger partial charge in [0, 0.05) is 24.3 Å². The first-order valence-corrected chi connectivity index (χ1v) is 11.7. The Bertz CT molecular complexity index is 508. The second-order valence-corrected chi connectivity index (χ2v) is 11.2. The molecule has 2 saturated heterocycles. The molecular weight excluding hydrogens is 382 g/mol. The number of primary amides is 1. The fourth-order valence-corrected chi connectivity index (χ4v) is 6.85. The molecule has 6 nitrogen and oxygen atoms in total. The van der Waals surface area contributed by atoms with Crippen LogP contribution in [0.4, 0.5) is 4.79 Å². The van der Waals surface area contributed by atoms with Gasteiger partial charge in [-0.1, -0.05) is 39.8 Å². The van der Waals surface area contributed by atoms with Crippen LogP contribution in [0.3, 0.4) is 0 Å². The molecular formula is C16H26NO5S3+. The van der Waals surface area contributed by atoms with Crippen molar-refractivity contribution in [3.63, 3.8) is 0 Å². The summed E-state index contributed by atoms with van der Waals surface area (Å²) in [7, 11) is 3.87. The first-order valence-electron chi connectivity index (χ1n) is 8.54. The van der Waals surface area contributed by atoms with Crippen molar-refractivity contribution in [2.75, 3.05) is 5.75 Å². The molecule has 2 N–H and O–H groups in total. The van der Waals surface area contributed by atoms with Gasteiger partial charge in [0.1, 0.15) is 0 Å². The molecule has 25 heavy (non-hydrogen) atoms. The van der Waals surface area contributed by atoms with Crippen molar-refractivity contribution in [1.82, 2.24) is 0 Å². The maximum absolute atomic E-state index is 11.8. The molecule has 0 radical (unpaired) electrons. The zero-order valence-electron chi connectivity index (χ0n) is 14.8. The number of amides is 1. The summed E-state index contributed by atoms with van der Waals surface area (Å²) in [5.41, 5.74) is 0. The van der Waals surface area contributed by atoms with Gasteiger partial charge in [0.05, 0.1) is 4.75 Å². The second-order valence-electron chi connectivity index (χ2n) is 6.74. The van der Waals surface area contributed by atoms with E-state index in [1.54, 1.807) is 0 Å². The number of rotatable bonds is 8. The summed E-state index contributed by atoms with van der Waals surface area (Å²) in [4.78, 5) is 35.2. The Balaban J connectivity index is 1.57.